The number of benzene rings is 1. The first-order valence-electron chi connectivity index (χ1n) is 6.98. The van der Waals surface area contributed by atoms with Gasteiger partial charge in [-0.25, -0.2) is 0 Å². The minimum atomic E-state index is 0.134. The third kappa shape index (κ3) is 5.35. The molecule has 0 aliphatic carbocycles. The lowest BCUT2D eigenvalue weighted by Crippen LogP contribution is -2.28. The van der Waals surface area contributed by atoms with E-state index < -0.39 is 0 Å². The monoisotopic (exact) mass is 249 g/mol. The molecular formula is C16H27NO. The van der Waals surface area contributed by atoms with Crippen LogP contribution in [0.4, 0.5) is 0 Å². The second-order valence-corrected chi connectivity index (χ2v) is 4.25. The van der Waals surface area contributed by atoms with Gasteiger partial charge in [0.1, 0.15) is 0 Å². The Morgan fingerprint density at radius 2 is 1.78 bits per heavy atom. The van der Waals surface area contributed by atoms with Crippen molar-refractivity contribution in [3.63, 3.8) is 0 Å². The van der Waals surface area contributed by atoms with E-state index in [1.807, 2.05) is 57.0 Å². The molecule has 0 saturated heterocycles. The molecule has 1 aromatic carbocycles. The first-order valence-corrected chi connectivity index (χ1v) is 6.98. The van der Waals surface area contributed by atoms with E-state index >= 15 is 0 Å². The summed E-state index contributed by atoms with van der Waals surface area (Å²) in [4.78, 5) is 13.9. The summed E-state index contributed by atoms with van der Waals surface area (Å²) in [7, 11) is 1.88. The quantitative estimate of drug-likeness (QED) is 0.713. The van der Waals surface area contributed by atoms with Gasteiger partial charge in [0.2, 0.25) is 0 Å². The van der Waals surface area contributed by atoms with E-state index in [2.05, 4.69) is 6.92 Å². The lowest BCUT2D eigenvalue weighted by atomic mass is 10.1. The fraction of sp³-hybridized carbons (Fsp3) is 0.562. The predicted molar refractivity (Wildman–Crippen MR) is 79.0 cm³/mol. The molecule has 0 heterocycles. The molecule has 0 aliphatic heterocycles. The van der Waals surface area contributed by atoms with Crippen molar-refractivity contribution < 1.29 is 4.79 Å². The normalized spacial score (nSPS) is 9.39. The third-order valence-corrected chi connectivity index (χ3v) is 2.82. The Hall–Kier alpha value is -1.31. The smallest absolute Gasteiger partial charge is 0.253 e. The van der Waals surface area contributed by atoms with Crippen LogP contribution in [0.5, 0.6) is 0 Å². The summed E-state index contributed by atoms with van der Waals surface area (Å²) in [5.41, 5.74) is 1.87. The van der Waals surface area contributed by atoms with E-state index in [4.69, 9.17) is 0 Å². The highest BCUT2D eigenvalue weighted by molar-refractivity contribution is 5.95. The summed E-state index contributed by atoms with van der Waals surface area (Å²) >= 11 is 0. The van der Waals surface area contributed by atoms with Crippen LogP contribution in [0.15, 0.2) is 24.3 Å². The summed E-state index contributed by atoms with van der Waals surface area (Å²) < 4.78 is 0. The van der Waals surface area contributed by atoms with E-state index in [0.717, 1.165) is 24.1 Å². The van der Waals surface area contributed by atoms with Gasteiger partial charge >= 0.3 is 0 Å². The van der Waals surface area contributed by atoms with Crippen LogP contribution in [0.2, 0.25) is 0 Å². The van der Waals surface area contributed by atoms with Gasteiger partial charge in [-0.15, -0.1) is 0 Å². The van der Waals surface area contributed by atoms with Crippen molar-refractivity contribution in [1.82, 2.24) is 4.90 Å². The van der Waals surface area contributed by atoms with Gasteiger partial charge in [-0.05, 0) is 25.0 Å². The van der Waals surface area contributed by atoms with Gasteiger partial charge in [-0.3, -0.25) is 4.79 Å². The molecule has 102 valence electrons. The van der Waals surface area contributed by atoms with Gasteiger partial charge < -0.3 is 4.90 Å². The second-order valence-electron chi connectivity index (χ2n) is 4.25. The SMILES string of the molecule is CC.CCCCCN(C)C(=O)c1ccccc1C. The van der Waals surface area contributed by atoms with E-state index in [1.54, 1.807) is 0 Å². The maximum Gasteiger partial charge on any atom is 0.253 e. The maximum atomic E-state index is 12.1. The zero-order valence-electron chi connectivity index (χ0n) is 12.5. The van der Waals surface area contributed by atoms with Gasteiger partial charge in [-0.1, -0.05) is 51.8 Å². The molecule has 0 saturated carbocycles. The first-order chi connectivity index (χ1) is 8.66. The number of carbonyl (C=O) groups excluding carboxylic acids is 1. The zero-order valence-corrected chi connectivity index (χ0v) is 12.5. The van der Waals surface area contributed by atoms with Crippen molar-refractivity contribution in [2.75, 3.05) is 13.6 Å². The van der Waals surface area contributed by atoms with Gasteiger partial charge in [0.15, 0.2) is 0 Å². The first kappa shape index (κ1) is 16.7. The number of amides is 1. The molecule has 1 amide bonds. The fourth-order valence-corrected chi connectivity index (χ4v) is 1.72. The van der Waals surface area contributed by atoms with Crippen LogP contribution in [-0.2, 0) is 0 Å². The Morgan fingerprint density at radius 3 is 2.33 bits per heavy atom. The molecule has 0 spiro atoms. The van der Waals surface area contributed by atoms with E-state index in [-0.39, 0.29) is 5.91 Å². The Kier molecular flexibility index (Phi) is 8.99. The van der Waals surface area contributed by atoms with Gasteiger partial charge in [0.25, 0.3) is 5.91 Å². The molecule has 2 heteroatoms. The molecule has 0 radical (unpaired) electrons. The summed E-state index contributed by atoms with van der Waals surface area (Å²) in [6, 6.07) is 7.75. The van der Waals surface area contributed by atoms with Crippen molar-refractivity contribution in [3.8, 4) is 0 Å². The molecular weight excluding hydrogens is 222 g/mol. The molecule has 0 N–H and O–H groups in total. The summed E-state index contributed by atoms with van der Waals surface area (Å²) in [5, 5.41) is 0. The minimum absolute atomic E-state index is 0.134. The van der Waals surface area contributed by atoms with Gasteiger partial charge in [-0.2, -0.15) is 0 Å². The highest BCUT2D eigenvalue weighted by Crippen LogP contribution is 2.10. The van der Waals surface area contributed by atoms with Crippen molar-refractivity contribution in [2.45, 2.75) is 47.0 Å². The number of aryl methyl sites for hydroxylation is 1. The number of nitrogens with zero attached hydrogens (tertiary/aromatic N) is 1. The molecule has 0 aromatic heterocycles. The Bertz CT molecular complexity index is 347. The van der Waals surface area contributed by atoms with Crippen molar-refractivity contribution in [3.05, 3.63) is 35.4 Å². The van der Waals surface area contributed by atoms with E-state index in [0.29, 0.717) is 0 Å². The third-order valence-electron chi connectivity index (χ3n) is 2.82. The lowest BCUT2D eigenvalue weighted by molar-refractivity contribution is 0.0792. The predicted octanol–water partition coefficient (Wildman–Crippen LogP) is 4.28. The average Bonchev–Trinajstić information content (AvgIpc) is 2.41. The van der Waals surface area contributed by atoms with Crippen molar-refractivity contribution in [2.24, 2.45) is 0 Å². The van der Waals surface area contributed by atoms with Crippen LogP contribution < -0.4 is 0 Å². The number of unbranched alkanes of at least 4 members (excludes halogenated alkanes) is 2. The number of rotatable bonds is 5. The van der Waals surface area contributed by atoms with Crippen LogP contribution in [0.25, 0.3) is 0 Å². The standard InChI is InChI=1S/C14H21NO.C2H6/c1-4-5-8-11-15(3)14(16)13-10-7-6-9-12(13)2;1-2/h6-7,9-10H,4-5,8,11H2,1-3H3;1-2H3. The molecule has 0 bridgehead atoms. The number of hydrogen-bond acceptors (Lipinski definition) is 1. The van der Waals surface area contributed by atoms with Crippen LogP contribution in [-0.4, -0.2) is 24.4 Å². The van der Waals surface area contributed by atoms with Crippen molar-refractivity contribution >= 4 is 5.91 Å². The van der Waals surface area contributed by atoms with Crippen LogP contribution in [0.3, 0.4) is 0 Å². The fourth-order valence-electron chi connectivity index (χ4n) is 1.72. The Balaban J connectivity index is 0.00000137. The molecule has 2 nitrogen and oxygen atoms in total. The Labute approximate surface area is 112 Å². The van der Waals surface area contributed by atoms with Gasteiger partial charge in [0, 0.05) is 19.2 Å². The molecule has 0 aliphatic rings. The highest BCUT2D eigenvalue weighted by atomic mass is 16.2. The summed E-state index contributed by atoms with van der Waals surface area (Å²) in [5.74, 6) is 0.134. The van der Waals surface area contributed by atoms with Crippen molar-refractivity contribution in [1.29, 1.82) is 0 Å². The number of hydrogen-bond donors (Lipinski definition) is 0. The molecule has 0 atom stereocenters. The average molecular weight is 249 g/mol. The molecule has 0 unspecified atom stereocenters. The zero-order chi connectivity index (χ0) is 14.0. The topological polar surface area (TPSA) is 20.3 Å². The van der Waals surface area contributed by atoms with Crippen LogP contribution in [0, 0.1) is 6.92 Å². The minimum Gasteiger partial charge on any atom is -0.342 e. The summed E-state index contributed by atoms with van der Waals surface area (Å²) in [6.07, 6.45) is 3.46. The van der Waals surface area contributed by atoms with Crippen LogP contribution >= 0.6 is 0 Å². The molecule has 1 rings (SSSR count). The molecule has 1 aromatic rings. The summed E-state index contributed by atoms with van der Waals surface area (Å²) in [6.45, 7) is 9.00. The number of carbonyl (C=O) groups is 1. The van der Waals surface area contributed by atoms with Gasteiger partial charge in [0.05, 0.1) is 0 Å². The second kappa shape index (κ2) is 9.69. The van der Waals surface area contributed by atoms with E-state index in [1.165, 1.54) is 12.8 Å². The maximum absolute atomic E-state index is 12.1. The Morgan fingerprint density at radius 1 is 1.17 bits per heavy atom. The molecule has 18 heavy (non-hydrogen) atoms. The molecule has 0 fully saturated rings. The highest BCUT2D eigenvalue weighted by Gasteiger charge is 2.12. The largest absolute Gasteiger partial charge is 0.342 e. The van der Waals surface area contributed by atoms with Crippen LogP contribution in [0.1, 0.15) is 56.0 Å². The van der Waals surface area contributed by atoms with E-state index in [9.17, 15) is 4.79 Å². The lowest BCUT2D eigenvalue weighted by Gasteiger charge is -2.18.